The first-order valence-corrected chi connectivity index (χ1v) is 26.7. The number of anilines is 7. The lowest BCUT2D eigenvalue weighted by atomic mass is 9.54. The molecule has 73 heavy (non-hydrogen) atoms. The third-order valence-electron chi connectivity index (χ3n) is 16.3. The van der Waals surface area contributed by atoms with Crippen LogP contribution < -0.4 is 25.1 Å². The summed E-state index contributed by atoms with van der Waals surface area (Å²) in [6, 6.07) is 72.1. The highest BCUT2D eigenvalue weighted by Gasteiger charge is 2.46. The van der Waals surface area contributed by atoms with Gasteiger partial charge < -0.3 is 14.7 Å². The molecule has 5 aliphatic carbocycles. The molecule has 0 radical (unpaired) electrons. The van der Waals surface area contributed by atoms with Crippen molar-refractivity contribution in [2.24, 2.45) is 17.8 Å². The molecule has 356 valence electrons. The standard InChI is InChI=1S/C70H61N3/c1-4-19-53(20-5-1)68-49-69(58-29-28-50-16-10-13-21-55(50)46-58)70(68)54-32-34-61(35-33-54)71(62-38-42-64(43-39-62)72(59-24-6-2-7-25-59)66-36-30-51-17-11-14-22-56(51)47-66)63-40-44-65(45-41-63)73(60-26-8-3-9-27-60)67-37-31-52-18-12-15-23-57(52)48-67/h2-4,6-11,13-17,19-28,30-44,46-48,58,65,68-70H,1,5,12,18,29,45,49H2/t58?,65?,68?,69?,70-/m0/s1. The number of hydrogen-bond acceptors (Lipinski definition) is 3. The van der Waals surface area contributed by atoms with Crippen molar-refractivity contribution >= 4 is 68.8 Å². The zero-order chi connectivity index (χ0) is 48.5. The number of para-hydroxylation sites is 2. The molecular weight excluding hydrogens is 883 g/mol. The van der Waals surface area contributed by atoms with Crippen LogP contribution in [0, 0.1) is 17.8 Å². The highest BCUT2D eigenvalue weighted by Crippen LogP contribution is 2.56. The van der Waals surface area contributed by atoms with Gasteiger partial charge in [0, 0.05) is 45.5 Å². The molecule has 0 spiro atoms. The Labute approximate surface area is 431 Å². The smallest absolute Gasteiger partial charge is 0.0561 e. The lowest BCUT2D eigenvalue weighted by molar-refractivity contribution is 0.136. The summed E-state index contributed by atoms with van der Waals surface area (Å²) in [4.78, 5) is 7.37. The molecule has 3 nitrogen and oxygen atoms in total. The van der Waals surface area contributed by atoms with Crippen molar-refractivity contribution in [3.8, 4) is 0 Å². The van der Waals surface area contributed by atoms with Crippen LogP contribution in [0.1, 0.15) is 61.1 Å². The van der Waals surface area contributed by atoms with E-state index in [4.69, 9.17) is 0 Å². The second-order valence-corrected chi connectivity index (χ2v) is 20.6. The molecule has 1 fully saturated rings. The molecule has 0 saturated heterocycles. The minimum absolute atomic E-state index is 0.140. The van der Waals surface area contributed by atoms with Crippen LogP contribution in [0.5, 0.6) is 0 Å². The maximum absolute atomic E-state index is 2.59. The number of aryl methyl sites for hydroxylation is 1. The van der Waals surface area contributed by atoms with Crippen LogP contribution in [0.25, 0.3) is 29.0 Å². The van der Waals surface area contributed by atoms with Gasteiger partial charge >= 0.3 is 0 Å². The Bertz CT molecular complexity index is 3580. The SMILES string of the molecule is C1=CC(C2CC(C3C=c4ccccc4=CC3)[C@H]2c2ccc(N(C3=CCC(N(c4ccccc4)c4ccc5c(c4)C=CCC5)C=C3)c3ccc(N(c4ccccc4)c4ccc5ccccc5c4)cc3)cc2)=CCC1. The Morgan fingerprint density at radius 1 is 0.438 bits per heavy atom. The maximum atomic E-state index is 2.59. The number of hydrogen-bond donors (Lipinski definition) is 0. The molecule has 0 heterocycles. The molecule has 1 saturated carbocycles. The van der Waals surface area contributed by atoms with Crippen LogP contribution in [0.15, 0.2) is 248 Å². The average molecular weight is 944 g/mol. The summed E-state index contributed by atoms with van der Waals surface area (Å²) in [5, 5.41) is 5.23. The van der Waals surface area contributed by atoms with Crippen molar-refractivity contribution < 1.29 is 0 Å². The fourth-order valence-electron chi connectivity index (χ4n) is 12.6. The molecule has 4 unspecified atom stereocenters. The Hall–Kier alpha value is -8.14. The number of benzene rings is 8. The number of fused-ring (bicyclic) bond motifs is 3. The molecular formula is C70H61N3. The Morgan fingerprint density at radius 3 is 1.85 bits per heavy atom. The summed E-state index contributed by atoms with van der Waals surface area (Å²) < 4.78 is 0. The molecule has 0 N–H and O–H groups in total. The van der Waals surface area contributed by atoms with Crippen molar-refractivity contribution in [3.63, 3.8) is 0 Å². The fraction of sp³-hybridized carbons (Fsp3) is 0.171. The van der Waals surface area contributed by atoms with Gasteiger partial charge in [-0.3, -0.25) is 0 Å². The van der Waals surface area contributed by atoms with Crippen LogP contribution >= 0.6 is 0 Å². The second kappa shape index (κ2) is 19.8. The van der Waals surface area contributed by atoms with Gasteiger partial charge in [0.15, 0.2) is 0 Å². The van der Waals surface area contributed by atoms with Gasteiger partial charge in [-0.05, 0) is 203 Å². The molecule has 8 aromatic carbocycles. The summed E-state index contributed by atoms with van der Waals surface area (Å²) in [6.07, 6.45) is 32.0. The predicted octanol–water partition coefficient (Wildman–Crippen LogP) is 16.7. The van der Waals surface area contributed by atoms with Gasteiger partial charge in [-0.25, -0.2) is 0 Å². The minimum Gasteiger partial charge on any atom is -0.334 e. The second-order valence-electron chi connectivity index (χ2n) is 20.6. The Balaban J connectivity index is 0.869. The third kappa shape index (κ3) is 8.88. The van der Waals surface area contributed by atoms with Crippen molar-refractivity contribution in [1.82, 2.24) is 0 Å². The molecule has 0 bridgehead atoms. The predicted molar refractivity (Wildman–Crippen MR) is 309 cm³/mol. The summed E-state index contributed by atoms with van der Waals surface area (Å²) in [5.41, 5.74) is 15.0. The van der Waals surface area contributed by atoms with Gasteiger partial charge in [0.2, 0.25) is 0 Å². The van der Waals surface area contributed by atoms with Crippen molar-refractivity contribution in [2.45, 2.75) is 56.9 Å². The highest BCUT2D eigenvalue weighted by molar-refractivity contribution is 5.89. The third-order valence-corrected chi connectivity index (χ3v) is 16.3. The number of rotatable bonds is 12. The summed E-state index contributed by atoms with van der Waals surface area (Å²) >= 11 is 0. The Morgan fingerprint density at radius 2 is 1.10 bits per heavy atom. The van der Waals surface area contributed by atoms with E-state index in [2.05, 4.69) is 270 Å². The van der Waals surface area contributed by atoms with Gasteiger partial charge in [0.25, 0.3) is 0 Å². The quantitative estimate of drug-likeness (QED) is 0.121. The van der Waals surface area contributed by atoms with Gasteiger partial charge in [0.05, 0.1) is 6.04 Å². The Kier molecular flexibility index (Phi) is 12.2. The molecule has 0 amide bonds. The molecule has 0 aromatic heterocycles. The van der Waals surface area contributed by atoms with E-state index >= 15 is 0 Å². The molecule has 3 heteroatoms. The van der Waals surface area contributed by atoms with Crippen LogP contribution in [0.2, 0.25) is 0 Å². The lowest BCUT2D eigenvalue weighted by Crippen LogP contribution is -2.42. The highest BCUT2D eigenvalue weighted by atomic mass is 15.2. The van der Waals surface area contributed by atoms with Crippen LogP contribution in [-0.2, 0) is 6.42 Å². The fourth-order valence-corrected chi connectivity index (χ4v) is 12.6. The summed E-state index contributed by atoms with van der Waals surface area (Å²) in [5.74, 6) is 2.13. The van der Waals surface area contributed by atoms with Gasteiger partial charge in [-0.15, -0.1) is 0 Å². The molecule has 13 rings (SSSR count). The van der Waals surface area contributed by atoms with E-state index in [0.29, 0.717) is 23.7 Å². The lowest BCUT2D eigenvalue weighted by Gasteiger charge is -2.50. The van der Waals surface area contributed by atoms with Gasteiger partial charge in [0.1, 0.15) is 0 Å². The van der Waals surface area contributed by atoms with E-state index in [1.807, 2.05) is 0 Å². The van der Waals surface area contributed by atoms with E-state index in [0.717, 1.165) is 67.0 Å². The first kappa shape index (κ1) is 44.8. The number of allylic oxidation sites excluding steroid dienone is 6. The minimum atomic E-state index is 0.140. The van der Waals surface area contributed by atoms with Crippen LogP contribution in [0.4, 0.5) is 39.8 Å². The first-order chi connectivity index (χ1) is 36.2. The van der Waals surface area contributed by atoms with E-state index in [1.54, 1.807) is 0 Å². The van der Waals surface area contributed by atoms with E-state index in [9.17, 15) is 0 Å². The number of nitrogens with zero attached hydrogens (tertiary/aromatic N) is 3. The normalized spacial score (nSPS) is 20.6. The zero-order valence-corrected chi connectivity index (χ0v) is 41.4. The first-order valence-electron chi connectivity index (χ1n) is 26.7. The molecule has 8 aromatic rings. The molecule has 5 aliphatic rings. The van der Waals surface area contributed by atoms with Gasteiger partial charge in [-0.2, -0.15) is 0 Å². The monoisotopic (exact) mass is 943 g/mol. The van der Waals surface area contributed by atoms with Crippen LogP contribution in [-0.4, -0.2) is 6.04 Å². The molecule has 0 aliphatic heterocycles. The topological polar surface area (TPSA) is 9.72 Å². The van der Waals surface area contributed by atoms with E-state index in [-0.39, 0.29) is 6.04 Å². The van der Waals surface area contributed by atoms with E-state index in [1.165, 1.54) is 67.0 Å². The zero-order valence-electron chi connectivity index (χ0n) is 41.4. The average Bonchev–Trinajstić information content (AvgIpc) is 3.45. The largest absolute Gasteiger partial charge is 0.334 e. The molecule has 5 atom stereocenters. The van der Waals surface area contributed by atoms with Crippen LogP contribution in [0.3, 0.4) is 0 Å². The van der Waals surface area contributed by atoms with E-state index < -0.39 is 0 Å². The van der Waals surface area contributed by atoms with Crippen molar-refractivity contribution in [1.29, 1.82) is 0 Å². The van der Waals surface area contributed by atoms with Gasteiger partial charge in [-0.1, -0.05) is 164 Å². The summed E-state index contributed by atoms with van der Waals surface area (Å²) in [6.45, 7) is 0. The van der Waals surface area contributed by atoms with Crippen molar-refractivity contribution in [2.75, 3.05) is 14.7 Å². The van der Waals surface area contributed by atoms with Crippen molar-refractivity contribution in [3.05, 3.63) is 275 Å². The summed E-state index contributed by atoms with van der Waals surface area (Å²) in [7, 11) is 0. The maximum Gasteiger partial charge on any atom is 0.0561 e.